The second-order valence-corrected chi connectivity index (χ2v) is 6.60. The van der Waals surface area contributed by atoms with Gasteiger partial charge in [-0.05, 0) is 24.1 Å². The lowest BCUT2D eigenvalue weighted by molar-refractivity contribution is 0.208. The number of aromatic nitrogens is 4. The molecule has 1 fully saturated rings. The molecule has 3 aromatic rings. The normalized spacial score (nSPS) is 14.2. The number of hydrogen-bond acceptors (Lipinski definition) is 5. The van der Waals surface area contributed by atoms with E-state index in [1.807, 2.05) is 47.5 Å². The molecule has 0 aliphatic carbocycles. The molecule has 1 aliphatic rings. The Bertz CT molecular complexity index is 933. The molecule has 2 amide bonds. The summed E-state index contributed by atoms with van der Waals surface area (Å²) in [6.07, 6.45) is 6.00. The minimum Gasteiger partial charge on any atom is -0.353 e. The molecular formula is C20H23N7O. The van der Waals surface area contributed by atoms with Gasteiger partial charge in [0.2, 0.25) is 0 Å². The third-order valence-corrected chi connectivity index (χ3v) is 4.91. The fourth-order valence-corrected chi connectivity index (χ4v) is 3.32. The first-order chi connectivity index (χ1) is 13.7. The van der Waals surface area contributed by atoms with Crippen LogP contribution in [0.3, 0.4) is 0 Å². The van der Waals surface area contributed by atoms with Crippen molar-refractivity contribution < 1.29 is 4.79 Å². The highest BCUT2D eigenvalue weighted by Crippen LogP contribution is 2.18. The topological polar surface area (TPSA) is 79.2 Å². The summed E-state index contributed by atoms with van der Waals surface area (Å²) in [6.45, 7) is 4.81. The highest BCUT2D eigenvalue weighted by Gasteiger charge is 2.22. The summed E-state index contributed by atoms with van der Waals surface area (Å²) in [7, 11) is 0. The van der Waals surface area contributed by atoms with Gasteiger partial charge in [0.05, 0.1) is 0 Å². The zero-order valence-corrected chi connectivity index (χ0v) is 15.8. The molecule has 28 heavy (non-hydrogen) atoms. The Morgan fingerprint density at radius 2 is 1.86 bits per heavy atom. The molecule has 1 aromatic carbocycles. The standard InChI is InChI=1S/C20H23N7O/c1-2-16-6-3-4-7-17(16)24-20(28)26-12-10-25(11-13-26)18-14-19(22-15-21-18)27-9-5-8-23-27/h3-9,14-15H,2,10-13H2,1H3,(H,24,28). The molecule has 0 radical (unpaired) electrons. The largest absolute Gasteiger partial charge is 0.353 e. The SMILES string of the molecule is CCc1ccccc1NC(=O)N1CCN(c2cc(-n3cccn3)ncn2)CC1. The van der Waals surface area contributed by atoms with Crippen molar-refractivity contribution in [3.8, 4) is 5.82 Å². The average molecular weight is 377 g/mol. The predicted octanol–water partition coefficient (Wildman–Crippen LogP) is 2.58. The third-order valence-electron chi connectivity index (χ3n) is 4.91. The molecule has 0 saturated carbocycles. The van der Waals surface area contributed by atoms with Crippen molar-refractivity contribution in [3.05, 3.63) is 60.7 Å². The Hall–Kier alpha value is -3.42. The average Bonchev–Trinajstić information content (AvgIpc) is 3.29. The molecule has 144 valence electrons. The zero-order valence-electron chi connectivity index (χ0n) is 15.8. The van der Waals surface area contributed by atoms with E-state index in [1.54, 1.807) is 17.2 Å². The Kier molecular flexibility index (Phi) is 5.18. The van der Waals surface area contributed by atoms with Crippen LogP contribution in [0.2, 0.25) is 0 Å². The van der Waals surface area contributed by atoms with Crippen LogP contribution in [0.1, 0.15) is 12.5 Å². The number of aryl methyl sites for hydroxylation is 1. The highest BCUT2D eigenvalue weighted by molar-refractivity contribution is 5.90. The Morgan fingerprint density at radius 1 is 1.07 bits per heavy atom. The van der Waals surface area contributed by atoms with Crippen LogP contribution in [0.15, 0.2) is 55.1 Å². The minimum absolute atomic E-state index is 0.0551. The van der Waals surface area contributed by atoms with E-state index in [0.717, 1.165) is 42.4 Å². The second kappa shape index (κ2) is 8.08. The molecule has 0 atom stereocenters. The van der Waals surface area contributed by atoms with Crippen LogP contribution in [-0.2, 0) is 6.42 Å². The maximum Gasteiger partial charge on any atom is 0.321 e. The molecule has 1 N–H and O–H groups in total. The second-order valence-electron chi connectivity index (χ2n) is 6.60. The number of nitrogens with one attached hydrogen (secondary N) is 1. The van der Waals surface area contributed by atoms with E-state index >= 15 is 0 Å². The number of benzene rings is 1. The fourth-order valence-electron chi connectivity index (χ4n) is 3.32. The minimum atomic E-state index is -0.0551. The highest BCUT2D eigenvalue weighted by atomic mass is 16.2. The molecule has 1 saturated heterocycles. The smallest absolute Gasteiger partial charge is 0.321 e. The lowest BCUT2D eigenvalue weighted by Gasteiger charge is -2.35. The van der Waals surface area contributed by atoms with Crippen molar-refractivity contribution in [2.24, 2.45) is 0 Å². The maximum atomic E-state index is 12.6. The number of nitrogens with zero attached hydrogens (tertiary/aromatic N) is 6. The van der Waals surface area contributed by atoms with E-state index in [9.17, 15) is 4.79 Å². The number of carbonyl (C=O) groups is 1. The van der Waals surface area contributed by atoms with Gasteiger partial charge in [-0.2, -0.15) is 5.10 Å². The van der Waals surface area contributed by atoms with Crippen molar-refractivity contribution in [1.29, 1.82) is 0 Å². The van der Waals surface area contributed by atoms with Crippen LogP contribution in [0.5, 0.6) is 0 Å². The summed E-state index contributed by atoms with van der Waals surface area (Å²) >= 11 is 0. The van der Waals surface area contributed by atoms with Gasteiger partial charge in [-0.3, -0.25) is 0 Å². The molecule has 0 unspecified atom stereocenters. The molecule has 3 heterocycles. The number of anilines is 2. The first kappa shape index (κ1) is 18.0. The summed E-state index contributed by atoms with van der Waals surface area (Å²) in [5.41, 5.74) is 2.03. The van der Waals surface area contributed by atoms with Crippen molar-refractivity contribution >= 4 is 17.5 Å². The van der Waals surface area contributed by atoms with E-state index in [-0.39, 0.29) is 6.03 Å². The molecule has 8 heteroatoms. The van der Waals surface area contributed by atoms with Crippen molar-refractivity contribution in [3.63, 3.8) is 0 Å². The lowest BCUT2D eigenvalue weighted by Crippen LogP contribution is -2.50. The van der Waals surface area contributed by atoms with Gasteiger partial charge in [0.25, 0.3) is 0 Å². The van der Waals surface area contributed by atoms with E-state index < -0.39 is 0 Å². The van der Waals surface area contributed by atoms with E-state index in [1.165, 1.54) is 0 Å². The summed E-state index contributed by atoms with van der Waals surface area (Å²) in [4.78, 5) is 25.3. The third kappa shape index (κ3) is 3.80. The number of rotatable bonds is 4. The zero-order chi connectivity index (χ0) is 19.3. The molecule has 1 aliphatic heterocycles. The van der Waals surface area contributed by atoms with Crippen LogP contribution in [-0.4, -0.2) is 56.9 Å². The molecule has 0 spiro atoms. The maximum absolute atomic E-state index is 12.6. The van der Waals surface area contributed by atoms with E-state index in [4.69, 9.17) is 0 Å². The summed E-state index contributed by atoms with van der Waals surface area (Å²) in [5.74, 6) is 1.57. The summed E-state index contributed by atoms with van der Waals surface area (Å²) in [6, 6.07) is 11.6. The molecule has 0 bridgehead atoms. The van der Waals surface area contributed by atoms with Gasteiger partial charge in [-0.25, -0.2) is 19.4 Å². The van der Waals surface area contributed by atoms with Crippen LogP contribution < -0.4 is 10.2 Å². The first-order valence-corrected chi connectivity index (χ1v) is 9.45. The Labute approximate surface area is 163 Å². The Morgan fingerprint density at radius 3 is 2.61 bits per heavy atom. The fraction of sp³-hybridized carbons (Fsp3) is 0.300. The van der Waals surface area contributed by atoms with Gasteiger partial charge in [0.15, 0.2) is 5.82 Å². The van der Waals surface area contributed by atoms with Gasteiger partial charge in [-0.15, -0.1) is 0 Å². The Balaban J connectivity index is 1.38. The van der Waals surface area contributed by atoms with Crippen LogP contribution >= 0.6 is 0 Å². The quantitative estimate of drug-likeness (QED) is 0.756. The van der Waals surface area contributed by atoms with Gasteiger partial charge in [0.1, 0.15) is 12.1 Å². The van der Waals surface area contributed by atoms with Crippen molar-refractivity contribution in [2.45, 2.75) is 13.3 Å². The molecule has 8 nitrogen and oxygen atoms in total. The molecular weight excluding hydrogens is 354 g/mol. The van der Waals surface area contributed by atoms with Crippen LogP contribution in [0, 0.1) is 0 Å². The number of hydrogen-bond donors (Lipinski definition) is 1. The molecule has 2 aromatic heterocycles. The van der Waals surface area contributed by atoms with E-state index in [0.29, 0.717) is 13.1 Å². The predicted molar refractivity (Wildman–Crippen MR) is 108 cm³/mol. The van der Waals surface area contributed by atoms with Gasteiger partial charge < -0.3 is 15.1 Å². The number of urea groups is 1. The summed E-state index contributed by atoms with van der Waals surface area (Å²) in [5, 5.41) is 7.25. The molecule has 4 rings (SSSR count). The van der Waals surface area contributed by atoms with Gasteiger partial charge >= 0.3 is 6.03 Å². The van der Waals surface area contributed by atoms with Gasteiger partial charge in [-0.1, -0.05) is 25.1 Å². The monoisotopic (exact) mass is 377 g/mol. The van der Waals surface area contributed by atoms with Crippen molar-refractivity contribution in [1.82, 2.24) is 24.6 Å². The number of piperazine rings is 1. The van der Waals surface area contributed by atoms with Crippen LogP contribution in [0.25, 0.3) is 5.82 Å². The van der Waals surface area contributed by atoms with Crippen molar-refractivity contribution in [2.75, 3.05) is 36.4 Å². The number of carbonyl (C=O) groups excluding carboxylic acids is 1. The van der Waals surface area contributed by atoms with E-state index in [2.05, 4.69) is 32.2 Å². The first-order valence-electron chi connectivity index (χ1n) is 9.45. The summed E-state index contributed by atoms with van der Waals surface area (Å²) < 4.78 is 1.71. The lowest BCUT2D eigenvalue weighted by atomic mass is 10.1. The van der Waals surface area contributed by atoms with Crippen LogP contribution in [0.4, 0.5) is 16.3 Å². The van der Waals surface area contributed by atoms with Gasteiger partial charge in [0, 0.05) is 50.3 Å². The number of amides is 2. The number of para-hydroxylation sites is 1.